The Morgan fingerprint density at radius 1 is 1.17 bits per heavy atom. The van der Waals surface area contributed by atoms with Crippen molar-refractivity contribution in [2.45, 2.75) is 24.1 Å². The number of alkyl halides is 5. The first-order chi connectivity index (χ1) is 10.9. The van der Waals surface area contributed by atoms with Gasteiger partial charge in [0.1, 0.15) is 11.4 Å². The molecule has 0 aliphatic rings. The Kier molecular flexibility index (Phi) is 4.65. The van der Waals surface area contributed by atoms with Gasteiger partial charge >= 0.3 is 6.18 Å². The van der Waals surface area contributed by atoms with Crippen LogP contribution >= 0.6 is 0 Å². The van der Waals surface area contributed by atoms with E-state index in [4.69, 9.17) is 0 Å². The molecule has 0 atom stereocenters. The van der Waals surface area contributed by atoms with Gasteiger partial charge in [0.25, 0.3) is 6.43 Å². The van der Waals surface area contributed by atoms with E-state index in [0.717, 1.165) is 16.4 Å². The van der Waals surface area contributed by atoms with E-state index >= 15 is 0 Å². The zero-order valence-electron chi connectivity index (χ0n) is 12.4. The predicted octanol–water partition coefficient (Wildman–Crippen LogP) is 1.62. The van der Waals surface area contributed by atoms with Crippen molar-refractivity contribution in [3.8, 4) is 0 Å². The Morgan fingerprint density at radius 2 is 1.79 bits per heavy atom. The summed E-state index contributed by atoms with van der Waals surface area (Å²) in [6, 6.07) is 0.599. The molecular weight excluding hydrogens is 361 g/mol. The average molecular weight is 373 g/mol. The highest BCUT2D eigenvalue weighted by Gasteiger charge is 2.35. The van der Waals surface area contributed by atoms with Crippen LogP contribution in [0.15, 0.2) is 6.07 Å². The molecule has 0 aliphatic carbocycles. The maximum absolute atomic E-state index is 12.9. The van der Waals surface area contributed by atoms with Gasteiger partial charge in [-0.25, -0.2) is 21.9 Å². The summed E-state index contributed by atoms with van der Waals surface area (Å²) in [6.07, 6.45) is -7.70. The molecule has 2 aromatic heterocycles. The van der Waals surface area contributed by atoms with Crippen LogP contribution in [0.3, 0.4) is 0 Å². The van der Waals surface area contributed by atoms with E-state index in [1.807, 2.05) is 0 Å². The number of hydrogen-bond donors (Lipinski definition) is 0. The molecule has 2 rings (SSSR count). The fourth-order valence-corrected chi connectivity index (χ4v) is 3.49. The molecule has 0 fully saturated rings. The minimum Gasteiger partial charge on any atom is -0.271 e. The van der Waals surface area contributed by atoms with E-state index in [1.54, 1.807) is 0 Å². The molecule has 0 radical (unpaired) electrons. The van der Waals surface area contributed by atoms with Gasteiger partial charge < -0.3 is 0 Å². The van der Waals surface area contributed by atoms with E-state index in [0.29, 0.717) is 6.07 Å². The van der Waals surface area contributed by atoms with Crippen LogP contribution in [-0.2, 0) is 41.6 Å². The third kappa shape index (κ3) is 3.88. The smallest absolute Gasteiger partial charge is 0.271 e. The zero-order chi connectivity index (χ0) is 18.3. The van der Waals surface area contributed by atoms with Gasteiger partial charge in [-0.1, -0.05) is 5.21 Å². The van der Waals surface area contributed by atoms with Crippen molar-refractivity contribution < 1.29 is 30.4 Å². The van der Waals surface area contributed by atoms with Crippen LogP contribution in [-0.4, -0.2) is 33.2 Å². The van der Waals surface area contributed by atoms with Gasteiger partial charge in [0.15, 0.2) is 15.5 Å². The maximum Gasteiger partial charge on any atom is 0.435 e. The van der Waals surface area contributed by atoms with Crippen molar-refractivity contribution in [3.05, 3.63) is 28.8 Å². The van der Waals surface area contributed by atoms with E-state index in [2.05, 4.69) is 15.4 Å². The Hall–Kier alpha value is -2.05. The molecule has 134 valence electrons. The first kappa shape index (κ1) is 18.3. The van der Waals surface area contributed by atoms with Gasteiger partial charge in [0.05, 0.1) is 17.2 Å². The summed E-state index contributed by atoms with van der Waals surface area (Å²) in [7, 11) is -1.72. The van der Waals surface area contributed by atoms with Crippen LogP contribution in [0.25, 0.3) is 0 Å². The number of nitrogens with zero attached hydrogens (tertiary/aromatic N) is 5. The molecule has 0 bridgehead atoms. The molecule has 24 heavy (non-hydrogen) atoms. The molecular formula is C11H12F5N5O2S. The Labute approximate surface area is 133 Å². The summed E-state index contributed by atoms with van der Waals surface area (Å²) in [5.41, 5.74) is -2.54. The Bertz CT molecular complexity index is 840. The number of rotatable bonds is 5. The van der Waals surface area contributed by atoms with Gasteiger partial charge in [0.2, 0.25) is 0 Å². The van der Waals surface area contributed by atoms with E-state index in [-0.39, 0.29) is 5.69 Å². The van der Waals surface area contributed by atoms with E-state index in [9.17, 15) is 30.4 Å². The maximum atomic E-state index is 12.9. The summed E-state index contributed by atoms with van der Waals surface area (Å²) in [5, 5.41) is 9.92. The van der Waals surface area contributed by atoms with Crippen molar-refractivity contribution in [2.24, 2.45) is 14.1 Å². The number of hydrogen-bond acceptors (Lipinski definition) is 5. The van der Waals surface area contributed by atoms with Crippen LogP contribution in [0, 0.1) is 0 Å². The zero-order valence-corrected chi connectivity index (χ0v) is 13.2. The quantitative estimate of drug-likeness (QED) is 0.744. The highest BCUT2D eigenvalue weighted by atomic mass is 32.2. The molecule has 2 heterocycles. The Morgan fingerprint density at radius 3 is 2.29 bits per heavy atom. The summed E-state index contributed by atoms with van der Waals surface area (Å²) < 4.78 is 89.3. The topological polar surface area (TPSA) is 82.7 Å². The van der Waals surface area contributed by atoms with Crippen molar-refractivity contribution in [1.29, 1.82) is 0 Å². The second-order valence-electron chi connectivity index (χ2n) is 5.02. The number of halogens is 5. The number of aryl methyl sites for hydroxylation is 2. The molecule has 13 heteroatoms. The number of aromatic nitrogens is 5. The summed E-state index contributed by atoms with van der Waals surface area (Å²) >= 11 is 0. The molecule has 0 saturated carbocycles. The van der Waals surface area contributed by atoms with Gasteiger partial charge in [-0.2, -0.15) is 18.3 Å². The lowest BCUT2D eigenvalue weighted by Gasteiger charge is -2.05. The summed E-state index contributed by atoms with van der Waals surface area (Å²) in [4.78, 5) is 0. The third-order valence-corrected chi connectivity index (χ3v) is 4.59. The number of sulfone groups is 1. The Balaban J connectivity index is 2.26. The average Bonchev–Trinajstić information content (AvgIpc) is 2.92. The van der Waals surface area contributed by atoms with Crippen LogP contribution in [0.5, 0.6) is 0 Å². The van der Waals surface area contributed by atoms with Crippen LogP contribution in [0.4, 0.5) is 22.0 Å². The van der Waals surface area contributed by atoms with Gasteiger partial charge in [-0.05, 0) is 6.07 Å². The molecule has 0 spiro atoms. The summed E-state index contributed by atoms with van der Waals surface area (Å²) in [6.45, 7) is 0. The molecule has 0 unspecified atom stereocenters. The van der Waals surface area contributed by atoms with E-state index < -0.39 is 51.0 Å². The molecule has 0 amide bonds. The standard InChI is InChI=1S/C11H12F5N5O2S/c1-20-6(3-8(18-20)11(14,15)16)4-24(22,23)5-7-9(10(12)13)21(2)19-17-7/h3,10H,4-5H2,1-2H3. The largest absolute Gasteiger partial charge is 0.435 e. The normalized spacial score (nSPS) is 13.0. The lowest BCUT2D eigenvalue weighted by atomic mass is 10.3. The van der Waals surface area contributed by atoms with Crippen LogP contribution in [0.1, 0.15) is 29.2 Å². The second kappa shape index (κ2) is 6.11. The third-order valence-electron chi connectivity index (χ3n) is 3.14. The fourth-order valence-electron chi connectivity index (χ4n) is 2.04. The van der Waals surface area contributed by atoms with Crippen LogP contribution in [0.2, 0.25) is 0 Å². The molecule has 2 aromatic rings. The van der Waals surface area contributed by atoms with Gasteiger partial charge in [0, 0.05) is 14.1 Å². The van der Waals surface area contributed by atoms with Crippen molar-refractivity contribution in [3.63, 3.8) is 0 Å². The van der Waals surface area contributed by atoms with Gasteiger partial charge in [-0.15, -0.1) is 5.10 Å². The fraction of sp³-hybridized carbons (Fsp3) is 0.545. The highest BCUT2D eigenvalue weighted by Crippen LogP contribution is 2.29. The monoisotopic (exact) mass is 373 g/mol. The minimum absolute atomic E-state index is 0.218. The molecule has 7 nitrogen and oxygen atoms in total. The molecule has 0 aromatic carbocycles. The first-order valence-electron chi connectivity index (χ1n) is 6.38. The predicted molar refractivity (Wildman–Crippen MR) is 70.5 cm³/mol. The van der Waals surface area contributed by atoms with Crippen molar-refractivity contribution in [2.75, 3.05) is 0 Å². The lowest BCUT2D eigenvalue weighted by Crippen LogP contribution is -2.12. The second-order valence-corrected chi connectivity index (χ2v) is 7.08. The minimum atomic E-state index is -4.71. The van der Waals surface area contributed by atoms with Crippen LogP contribution < -0.4 is 0 Å². The summed E-state index contributed by atoms with van der Waals surface area (Å²) in [5.74, 6) is -1.67. The highest BCUT2D eigenvalue weighted by molar-refractivity contribution is 7.89. The SMILES string of the molecule is Cn1nc(C(F)(F)F)cc1CS(=O)(=O)Cc1nnn(C)c1C(F)F. The van der Waals surface area contributed by atoms with Gasteiger partial charge in [-0.3, -0.25) is 4.68 Å². The van der Waals surface area contributed by atoms with Crippen molar-refractivity contribution >= 4 is 9.84 Å². The lowest BCUT2D eigenvalue weighted by molar-refractivity contribution is -0.141. The molecule has 0 saturated heterocycles. The molecule has 0 N–H and O–H groups in total. The first-order valence-corrected chi connectivity index (χ1v) is 8.20. The van der Waals surface area contributed by atoms with E-state index in [1.165, 1.54) is 7.05 Å². The molecule has 0 aliphatic heterocycles. The van der Waals surface area contributed by atoms with Crippen molar-refractivity contribution in [1.82, 2.24) is 24.8 Å².